The van der Waals surface area contributed by atoms with Crippen molar-refractivity contribution in [3.63, 3.8) is 0 Å². The molecule has 0 radical (unpaired) electrons. The average molecular weight is 173 g/mol. The fourth-order valence-corrected chi connectivity index (χ4v) is 1.54. The Morgan fingerprint density at radius 2 is 2.00 bits per heavy atom. The topological polar surface area (TPSA) is 12.0 Å². The minimum absolute atomic E-state index is 0.110. The zero-order valence-corrected chi connectivity index (χ0v) is 8.17. The van der Waals surface area contributed by atoms with E-state index >= 15 is 0 Å². The van der Waals surface area contributed by atoms with Crippen molar-refractivity contribution in [2.75, 3.05) is 0 Å². The molecule has 13 heavy (non-hydrogen) atoms. The predicted octanol–water partition coefficient (Wildman–Crippen LogP) is 2.58. The van der Waals surface area contributed by atoms with E-state index in [0.717, 1.165) is 6.54 Å². The Labute approximate surface area is 79.5 Å². The first-order valence-corrected chi connectivity index (χ1v) is 4.70. The van der Waals surface area contributed by atoms with Gasteiger partial charge in [0.1, 0.15) is 0 Å². The van der Waals surface area contributed by atoms with Crippen LogP contribution in [0, 0.1) is 0 Å². The van der Waals surface area contributed by atoms with Crippen LogP contribution in [-0.4, -0.2) is 5.54 Å². The summed E-state index contributed by atoms with van der Waals surface area (Å²) in [6.45, 7) is 5.33. The first-order valence-electron chi connectivity index (χ1n) is 4.70. The van der Waals surface area contributed by atoms with Crippen molar-refractivity contribution in [2.45, 2.75) is 25.9 Å². The van der Waals surface area contributed by atoms with Crippen molar-refractivity contribution in [3.8, 4) is 0 Å². The van der Waals surface area contributed by atoms with Gasteiger partial charge in [0, 0.05) is 12.1 Å². The summed E-state index contributed by atoms with van der Waals surface area (Å²) in [5, 5.41) is 3.49. The minimum Gasteiger partial charge on any atom is -0.304 e. The van der Waals surface area contributed by atoms with Crippen molar-refractivity contribution in [1.29, 1.82) is 0 Å². The number of rotatable bonds is 0. The van der Waals surface area contributed by atoms with Crippen LogP contribution in [0.4, 0.5) is 0 Å². The van der Waals surface area contributed by atoms with Gasteiger partial charge in [0.05, 0.1) is 0 Å². The van der Waals surface area contributed by atoms with Crippen LogP contribution >= 0.6 is 0 Å². The summed E-state index contributed by atoms with van der Waals surface area (Å²) < 4.78 is 0. The quantitative estimate of drug-likeness (QED) is 0.636. The summed E-state index contributed by atoms with van der Waals surface area (Å²) in [5.74, 6) is 0. The summed E-state index contributed by atoms with van der Waals surface area (Å²) in [5.41, 5.74) is 2.82. The monoisotopic (exact) mass is 173 g/mol. The van der Waals surface area contributed by atoms with E-state index in [9.17, 15) is 0 Å². The van der Waals surface area contributed by atoms with Gasteiger partial charge in [0.25, 0.3) is 0 Å². The lowest BCUT2D eigenvalue weighted by molar-refractivity contribution is 0.479. The van der Waals surface area contributed by atoms with Crippen LogP contribution in [0.2, 0.25) is 0 Å². The first-order chi connectivity index (χ1) is 6.17. The van der Waals surface area contributed by atoms with Crippen LogP contribution < -0.4 is 5.32 Å². The largest absolute Gasteiger partial charge is 0.304 e. The van der Waals surface area contributed by atoms with E-state index in [1.807, 2.05) is 0 Å². The zero-order valence-electron chi connectivity index (χ0n) is 8.17. The Balaban J connectivity index is 2.39. The molecule has 1 aliphatic heterocycles. The van der Waals surface area contributed by atoms with Gasteiger partial charge in [-0.05, 0) is 25.0 Å². The zero-order chi connectivity index (χ0) is 9.31. The van der Waals surface area contributed by atoms with Gasteiger partial charge in [0.2, 0.25) is 0 Å². The molecule has 0 aromatic heterocycles. The van der Waals surface area contributed by atoms with Crippen LogP contribution in [0.15, 0.2) is 30.3 Å². The van der Waals surface area contributed by atoms with Gasteiger partial charge in [0.15, 0.2) is 0 Å². The molecule has 0 aliphatic carbocycles. The molecule has 1 heterocycles. The Hall–Kier alpha value is -1.08. The van der Waals surface area contributed by atoms with Crippen molar-refractivity contribution < 1.29 is 0 Å². The Bertz CT molecular complexity index is 337. The molecule has 0 saturated heterocycles. The third-order valence-corrected chi connectivity index (χ3v) is 2.47. The maximum atomic E-state index is 3.49. The normalized spacial score (nSPS) is 19.2. The van der Waals surface area contributed by atoms with E-state index in [2.05, 4.69) is 55.6 Å². The van der Waals surface area contributed by atoms with E-state index in [4.69, 9.17) is 0 Å². The highest BCUT2D eigenvalue weighted by Gasteiger charge is 2.15. The fraction of sp³-hybridized carbons (Fsp3) is 0.333. The molecule has 1 N–H and O–H groups in total. The van der Waals surface area contributed by atoms with Crippen molar-refractivity contribution in [3.05, 3.63) is 41.5 Å². The maximum Gasteiger partial charge on any atom is 0.0313 e. The standard InChI is InChI=1S/C12H15N/c1-12(2)8-7-10-5-3-4-6-11(10)9-13-12/h3-8,13H,9H2,1-2H3. The summed E-state index contributed by atoms with van der Waals surface area (Å²) in [4.78, 5) is 0. The Morgan fingerprint density at radius 3 is 2.85 bits per heavy atom. The number of nitrogens with one attached hydrogen (secondary N) is 1. The van der Waals surface area contributed by atoms with Gasteiger partial charge in [-0.15, -0.1) is 0 Å². The molecule has 0 atom stereocenters. The molecule has 0 unspecified atom stereocenters. The first kappa shape index (κ1) is 8.52. The summed E-state index contributed by atoms with van der Waals surface area (Å²) in [6, 6.07) is 8.51. The van der Waals surface area contributed by atoms with Gasteiger partial charge in [-0.3, -0.25) is 0 Å². The van der Waals surface area contributed by atoms with Gasteiger partial charge < -0.3 is 5.32 Å². The summed E-state index contributed by atoms with van der Waals surface area (Å²) in [6.07, 6.45) is 4.42. The highest BCUT2D eigenvalue weighted by atomic mass is 14.9. The predicted molar refractivity (Wildman–Crippen MR) is 56.4 cm³/mol. The van der Waals surface area contributed by atoms with Gasteiger partial charge >= 0.3 is 0 Å². The average Bonchev–Trinajstić information content (AvgIpc) is 2.27. The molecule has 0 bridgehead atoms. The molecule has 0 saturated carbocycles. The molecule has 0 amide bonds. The highest BCUT2D eigenvalue weighted by Crippen LogP contribution is 2.18. The second kappa shape index (κ2) is 3.00. The minimum atomic E-state index is 0.110. The van der Waals surface area contributed by atoms with E-state index in [-0.39, 0.29) is 5.54 Å². The number of hydrogen-bond acceptors (Lipinski definition) is 1. The van der Waals surface area contributed by atoms with Crippen LogP contribution in [0.1, 0.15) is 25.0 Å². The van der Waals surface area contributed by atoms with Crippen LogP contribution in [0.5, 0.6) is 0 Å². The molecule has 1 nitrogen and oxygen atoms in total. The molecular formula is C12H15N. The van der Waals surface area contributed by atoms with E-state index in [0.29, 0.717) is 0 Å². The highest BCUT2D eigenvalue weighted by molar-refractivity contribution is 5.56. The summed E-state index contributed by atoms with van der Waals surface area (Å²) in [7, 11) is 0. The smallest absolute Gasteiger partial charge is 0.0313 e. The molecule has 1 aliphatic rings. The molecule has 1 aromatic carbocycles. The van der Waals surface area contributed by atoms with E-state index in [1.165, 1.54) is 11.1 Å². The van der Waals surface area contributed by atoms with Gasteiger partial charge in [-0.1, -0.05) is 36.4 Å². The number of hydrogen-bond donors (Lipinski definition) is 1. The summed E-state index contributed by atoms with van der Waals surface area (Å²) >= 11 is 0. The SMILES string of the molecule is CC1(C)C=Cc2ccccc2CN1. The second-order valence-electron chi connectivity index (χ2n) is 4.11. The van der Waals surface area contributed by atoms with Gasteiger partial charge in [-0.25, -0.2) is 0 Å². The third-order valence-electron chi connectivity index (χ3n) is 2.47. The van der Waals surface area contributed by atoms with Crippen LogP contribution in [0.3, 0.4) is 0 Å². The fourth-order valence-electron chi connectivity index (χ4n) is 1.54. The molecule has 0 fully saturated rings. The Kier molecular flexibility index (Phi) is 1.97. The van der Waals surface area contributed by atoms with Crippen LogP contribution in [0.25, 0.3) is 6.08 Å². The molecule has 1 aromatic rings. The maximum absolute atomic E-state index is 3.49. The van der Waals surface area contributed by atoms with Crippen molar-refractivity contribution in [1.82, 2.24) is 5.32 Å². The third kappa shape index (κ3) is 1.81. The van der Waals surface area contributed by atoms with E-state index < -0.39 is 0 Å². The lowest BCUT2D eigenvalue weighted by Gasteiger charge is -2.20. The molecule has 1 heteroatoms. The second-order valence-corrected chi connectivity index (χ2v) is 4.11. The number of fused-ring (bicyclic) bond motifs is 1. The molecule has 2 rings (SSSR count). The molecule has 0 spiro atoms. The number of benzene rings is 1. The molecular weight excluding hydrogens is 158 g/mol. The van der Waals surface area contributed by atoms with Crippen molar-refractivity contribution in [2.24, 2.45) is 0 Å². The van der Waals surface area contributed by atoms with Gasteiger partial charge in [-0.2, -0.15) is 0 Å². The lowest BCUT2D eigenvalue weighted by Crippen LogP contribution is -2.35. The lowest BCUT2D eigenvalue weighted by atomic mass is 10.1. The Morgan fingerprint density at radius 1 is 1.23 bits per heavy atom. The van der Waals surface area contributed by atoms with E-state index in [1.54, 1.807) is 0 Å². The van der Waals surface area contributed by atoms with Crippen LogP contribution in [-0.2, 0) is 6.54 Å². The molecule has 68 valence electrons. The van der Waals surface area contributed by atoms with Crippen molar-refractivity contribution >= 4 is 6.08 Å².